The Hall–Kier alpha value is -2.15. The molecule has 0 heterocycles. The van der Waals surface area contributed by atoms with Crippen LogP contribution in [0.4, 0.5) is 5.69 Å². The number of hydrazine groups is 1. The van der Waals surface area contributed by atoms with E-state index in [9.17, 15) is 14.9 Å². The third-order valence-corrected chi connectivity index (χ3v) is 2.22. The number of para-hydroxylation sites is 1. The van der Waals surface area contributed by atoms with Crippen molar-refractivity contribution in [1.82, 2.24) is 0 Å². The number of aliphatic hydroxyl groups excluding tert-OH is 1. The molecule has 0 amide bonds. The average molecular weight is 254 g/mol. The lowest BCUT2D eigenvalue weighted by atomic mass is 10.2. The zero-order chi connectivity index (χ0) is 13.5. The summed E-state index contributed by atoms with van der Waals surface area (Å²) in [6, 6.07) is 6.49. The number of carbonyl (C=O) groups is 1. The van der Waals surface area contributed by atoms with E-state index in [0.717, 1.165) is 0 Å². The third kappa shape index (κ3) is 3.17. The first-order valence-electron chi connectivity index (χ1n) is 5.37. The van der Waals surface area contributed by atoms with Crippen molar-refractivity contribution in [2.45, 2.75) is 13.0 Å². The number of rotatable bonds is 6. The highest BCUT2D eigenvalue weighted by Gasteiger charge is 2.35. The van der Waals surface area contributed by atoms with E-state index < -0.39 is 23.7 Å². The van der Waals surface area contributed by atoms with Crippen LogP contribution in [-0.2, 0) is 9.53 Å². The Morgan fingerprint density at radius 3 is 2.56 bits per heavy atom. The number of hydrogen-bond acceptors (Lipinski definition) is 5. The SMILES string of the molecule is CCOC(=O)[C@H](CO)N(c1ccccc1)[N+](=O)[O-]. The molecule has 0 aliphatic rings. The van der Waals surface area contributed by atoms with Gasteiger partial charge in [0.1, 0.15) is 5.69 Å². The van der Waals surface area contributed by atoms with Crippen molar-refractivity contribution in [2.24, 2.45) is 0 Å². The lowest BCUT2D eigenvalue weighted by molar-refractivity contribution is -0.499. The summed E-state index contributed by atoms with van der Waals surface area (Å²) in [5.74, 6) is -0.833. The minimum atomic E-state index is -1.36. The molecule has 1 N–H and O–H groups in total. The van der Waals surface area contributed by atoms with E-state index >= 15 is 0 Å². The highest BCUT2D eigenvalue weighted by molar-refractivity contribution is 5.79. The monoisotopic (exact) mass is 254 g/mol. The second-order valence-corrected chi connectivity index (χ2v) is 3.37. The summed E-state index contributed by atoms with van der Waals surface area (Å²) in [6.07, 6.45) is 0. The molecule has 1 aromatic carbocycles. The molecule has 98 valence electrons. The van der Waals surface area contributed by atoms with Crippen LogP contribution in [0.5, 0.6) is 0 Å². The largest absolute Gasteiger partial charge is 0.464 e. The van der Waals surface area contributed by atoms with Crippen molar-refractivity contribution in [3.8, 4) is 0 Å². The van der Waals surface area contributed by atoms with Crippen LogP contribution in [0.2, 0.25) is 0 Å². The Morgan fingerprint density at radius 2 is 2.11 bits per heavy atom. The Kier molecular flexibility index (Phi) is 5.06. The molecule has 1 aromatic rings. The zero-order valence-corrected chi connectivity index (χ0v) is 9.85. The first-order valence-corrected chi connectivity index (χ1v) is 5.37. The first-order chi connectivity index (χ1) is 8.61. The maximum atomic E-state index is 11.6. The molecule has 18 heavy (non-hydrogen) atoms. The van der Waals surface area contributed by atoms with Gasteiger partial charge < -0.3 is 9.84 Å². The zero-order valence-electron chi connectivity index (χ0n) is 9.85. The highest BCUT2D eigenvalue weighted by Crippen LogP contribution is 2.17. The minimum absolute atomic E-state index is 0.0929. The second-order valence-electron chi connectivity index (χ2n) is 3.37. The number of aliphatic hydroxyl groups is 1. The Balaban J connectivity index is 3.03. The van der Waals surface area contributed by atoms with Gasteiger partial charge in [0.2, 0.25) is 6.04 Å². The van der Waals surface area contributed by atoms with Crippen molar-refractivity contribution in [3.05, 3.63) is 40.4 Å². The summed E-state index contributed by atoms with van der Waals surface area (Å²) in [4.78, 5) is 22.6. The first kappa shape index (κ1) is 13.9. The van der Waals surface area contributed by atoms with Crippen LogP contribution >= 0.6 is 0 Å². The molecule has 7 heteroatoms. The Labute approximate surface area is 104 Å². The van der Waals surface area contributed by atoms with E-state index in [1.54, 1.807) is 25.1 Å². The molecule has 0 aliphatic heterocycles. The maximum Gasteiger partial charge on any atom is 0.337 e. The molecule has 0 radical (unpaired) electrons. The molecular formula is C11H14N2O5. The quantitative estimate of drug-likeness (QED) is 0.454. The van der Waals surface area contributed by atoms with E-state index in [1.165, 1.54) is 12.1 Å². The van der Waals surface area contributed by atoms with Crippen molar-refractivity contribution in [1.29, 1.82) is 0 Å². The molecule has 0 spiro atoms. The molecule has 1 atom stereocenters. The smallest absolute Gasteiger partial charge is 0.337 e. The van der Waals surface area contributed by atoms with Gasteiger partial charge in [-0.25, -0.2) is 14.9 Å². The number of esters is 1. The predicted octanol–water partition coefficient (Wildman–Crippen LogP) is 0.609. The van der Waals surface area contributed by atoms with Gasteiger partial charge in [0.25, 0.3) is 0 Å². The topological polar surface area (TPSA) is 92.9 Å². The second kappa shape index (κ2) is 6.55. The Morgan fingerprint density at radius 1 is 1.50 bits per heavy atom. The normalized spacial score (nSPS) is 11.7. The molecular weight excluding hydrogens is 240 g/mol. The van der Waals surface area contributed by atoms with E-state index in [1.807, 2.05) is 0 Å². The van der Waals surface area contributed by atoms with E-state index in [0.29, 0.717) is 5.01 Å². The van der Waals surface area contributed by atoms with Gasteiger partial charge in [0.15, 0.2) is 5.03 Å². The fourth-order valence-corrected chi connectivity index (χ4v) is 1.46. The molecule has 1 rings (SSSR count). The number of hydrogen-bond donors (Lipinski definition) is 1. The van der Waals surface area contributed by atoms with Gasteiger partial charge in [0.05, 0.1) is 13.2 Å². The molecule has 0 unspecified atom stereocenters. The van der Waals surface area contributed by atoms with Crippen molar-refractivity contribution < 1.29 is 19.7 Å². The number of nitro groups is 1. The maximum absolute atomic E-state index is 11.6. The number of carbonyl (C=O) groups excluding carboxylic acids is 1. The fraction of sp³-hybridized carbons (Fsp3) is 0.364. The molecule has 0 bridgehead atoms. The summed E-state index contributed by atoms with van der Waals surface area (Å²) < 4.78 is 4.70. The van der Waals surface area contributed by atoms with Crippen LogP contribution < -0.4 is 5.01 Å². The van der Waals surface area contributed by atoms with Gasteiger partial charge in [-0.3, -0.25) is 0 Å². The van der Waals surface area contributed by atoms with Gasteiger partial charge in [-0.2, -0.15) is 0 Å². The summed E-state index contributed by atoms with van der Waals surface area (Å²) >= 11 is 0. The molecule has 0 saturated heterocycles. The van der Waals surface area contributed by atoms with Crippen LogP contribution in [0.25, 0.3) is 0 Å². The lowest BCUT2D eigenvalue weighted by Crippen LogP contribution is -2.48. The number of anilines is 1. The summed E-state index contributed by atoms with van der Waals surface area (Å²) in [5, 5.41) is 20.0. The van der Waals surface area contributed by atoms with Gasteiger partial charge in [-0.1, -0.05) is 23.2 Å². The molecule has 0 saturated carbocycles. The van der Waals surface area contributed by atoms with E-state index in [2.05, 4.69) is 0 Å². The Bertz CT molecular complexity index is 409. The fourth-order valence-electron chi connectivity index (χ4n) is 1.46. The van der Waals surface area contributed by atoms with Crippen LogP contribution in [0, 0.1) is 10.1 Å². The summed E-state index contributed by atoms with van der Waals surface area (Å²) in [6.45, 7) is 0.982. The van der Waals surface area contributed by atoms with Gasteiger partial charge in [0, 0.05) is 0 Å². The van der Waals surface area contributed by atoms with Crippen molar-refractivity contribution >= 4 is 11.7 Å². The lowest BCUT2D eigenvalue weighted by Gasteiger charge is -2.21. The average Bonchev–Trinajstić information content (AvgIpc) is 2.36. The molecule has 7 nitrogen and oxygen atoms in total. The van der Waals surface area contributed by atoms with Gasteiger partial charge in [-0.05, 0) is 19.1 Å². The number of ether oxygens (including phenoxy) is 1. The van der Waals surface area contributed by atoms with Crippen LogP contribution in [0.1, 0.15) is 6.92 Å². The summed E-state index contributed by atoms with van der Waals surface area (Å²) in [5.41, 5.74) is 0.203. The summed E-state index contributed by atoms with van der Waals surface area (Å²) in [7, 11) is 0. The number of benzene rings is 1. The number of nitrogens with zero attached hydrogens (tertiary/aromatic N) is 2. The molecule has 0 fully saturated rings. The van der Waals surface area contributed by atoms with Crippen molar-refractivity contribution in [3.63, 3.8) is 0 Å². The third-order valence-electron chi connectivity index (χ3n) is 2.22. The van der Waals surface area contributed by atoms with Gasteiger partial charge >= 0.3 is 5.97 Å². The molecule has 0 aromatic heterocycles. The minimum Gasteiger partial charge on any atom is -0.464 e. The predicted molar refractivity (Wildman–Crippen MR) is 63.4 cm³/mol. The van der Waals surface area contributed by atoms with Crippen LogP contribution in [0.3, 0.4) is 0 Å². The van der Waals surface area contributed by atoms with Crippen LogP contribution in [-0.4, -0.2) is 35.4 Å². The van der Waals surface area contributed by atoms with Crippen molar-refractivity contribution in [2.75, 3.05) is 18.2 Å². The van der Waals surface area contributed by atoms with Gasteiger partial charge in [-0.15, -0.1) is 0 Å². The van der Waals surface area contributed by atoms with Crippen LogP contribution in [0.15, 0.2) is 30.3 Å². The molecule has 0 aliphatic carbocycles. The standard InChI is InChI=1S/C11H14N2O5/c1-2-18-11(15)10(8-14)12(13(16)17)9-6-4-3-5-7-9/h3-7,10,14H,2,8H2,1H3/t10-/m0/s1. The highest BCUT2D eigenvalue weighted by atomic mass is 16.7. The van der Waals surface area contributed by atoms with E-state index in [-0.39, 0.29) is 12.3 Å². The van der Waals surface area contributed by atoms with E-state index in [4.69, 9.17) is 9.84 Å².